The van der Waals surface area contributed by atoms with Crippen LogP contribution in [-0.4, -0.2) is 36.4 Å². The number of aromatic nitrogens is 5. The number of rotatable bonds is 4. The second-order valence-electron chi connectivity index (χ2n) is 4.05. The van der Waals surface area contributed by atoms with Gasteiger partial charge in [0.25, 0.3) is 0 Å². The molecule has 0 aliphatic carbocycles. The van der Waals surface area contributed by atoms with Crippen LogP contribution < -0.4 is 0 Å². The maximum absolute atomic E-state index is 9.01. The zero-order chi connectivity index (χ0) is 13.1. The molecule has 0 unspecified atom stereocenters. The van der Waals surface area contributed by atoms with Gasteiger partial charge in [-0.2, -0.15) is 5.10 Å². The first-order chi connectivity index (χ1) is 9.38. The number of aliphatic hydroxyl groups is 1. The van der Waals surface area contributed by atoms with Crippen molar-refractivity contribution in [1.82, 2.24) is 24.7 Å². The van der Waals surface area contributed by atoms with Crippen LogP contribution in [0.1, 0.15) is 0 Å². The van der Waals surface area contributed by atoms with Gasteiger partial charge in [-0.05, 0) is 6.07 Å². The molecule has 2 aromatic heterocycles. The molecule has 0 spiro atoms. The summed E-state index contributed by atoms with van der Waals surface area (Å²) >= 11 is 0. The summed E-state index contributed by atoms with van der Waals surface area (Å²) in [6.07, 6.45) is 5.00. The molecule has 0 fully saturated rings. The van der Waals surface area contributed by atoms with Gasteiger partial charge in [0.15, 0.2) is 5.82 Å². The van der Waals surface area contributed by atoms with Crippen molar-refractivity contribution in [2.75, 3.05) is 6.61 Å². The van der Waals surface area contributed by atoms with E-state index < -0.39 is 0 Å². The van der Waals surface area contributed by atoms with E-state index in [0.717, 1.165) is 22.8 Å². The molecule has 3 aromatic rings. The number of hydrogen-bond donors (Lipinski definition) is 2. The van der Waals surface area contributed by atoms with Crippen molar-refractivity contribution >= 4 is 0 Å². The Labute approximate surface area is 109 Å². The number of imidazole rings is 1. The van der Waals surface area contributed by atoms with E-state index in [4.69, 9.17) is 5.11 Å². The van der Waals surface area contributed by atoms with Crippen molar-refractivity contribution in [3.63, 3.8) is 0 Å². The molecule has 0 aliphatic heterocycles. The van der Waals surface area contributed by atoms with Crippen LogP contribution in [0.5, 0.6) is 0 Å². The lowest BCUT2D eigenvalue weighted by Crippen LogP contribution is -2.05. The van der Waals surface area contributed by atoms with Gasteiger partial charge in [-0.1, -0.05) is 18.2 Å². The number of aliphatic hydroxyl groups excluding tert-OH is 1. The normalized spacial score (nSPS) is 10.8. The van der Waals surface area contributed by atoms with E-state index >= 15 is 0 Å². The largest absolute Gasteiger partial charge is 0.394 e. The van der Waals surface area contributed by atoms with Crippen molar-refractivity contribution in [1.29, 1.82) is 0 Å². The number of nitrogens with one attached hydrogen (secondary N) is 1. The molecule has 6 heteroatoms. The number of aromatic amines is 1. The Kier molecular flexibility index (Phi) is 3.07. The van der Waals surface area contributed by atoms with Crippen LogP contribution in [0.4, 0.5) is 0 Å². The maximum Gasteiger partial charge on any atom is 0.158 e. The Morgan fingerprint density at radius 2 is 2.11 bits per heavy atom. The third kappa shape index (κ3) is 2.25. The van der Waals surface area contributed by atoms with Gasteiger partial charge in [0.05, 0.1) is 13.2 Å². The maximum atomic E-state index is 9.01. The summed E-state index contributed by atoms with van der Waals surface area (Å²) < 4.78 is 1.68. The van der Waals surface area contributed by atoms with Crippen molar-refractivity contribution in [3.8, 4) is 22.8 Å². The summed E-state index contributed by atoms with van der Waals surface area (Å²) in [5, 5.41) is 13.1. The first kappa shape index (κ1) is 11.6. The summed E-state index contributed by atoms with van der Waals surface area (Å²) in [7, 11) is 0. The second-order valence-corrected chi connectivity index (χ2v) is 4.05. The van der Waals surface area contributed by atoms with Crippen LogP contribution in [0.2, 0.25) is 0 Å². The van der Waals surface area contributed by atoms with Crippen LogP contribution >= 0.6 is 0 Å². The molecule has 0 amide bonds. The lowest BCUT2D eigenvalue weighted by molar-refractivity contribution is 0.270. The van der Waals surface area contributed by atoms with Gasteiger partial charge in [0.2, 0.25) is 0 Å². The second kappa shape index (κ2) is 5.03. The van der Waals surface area contributed by atoms with Gasteiger partial charge in [0.1, 0.15) is 12.2 Å². The molecule has 0 saturated heterocycles. The van der Waals surface area contributed by atoms with E-state index in [2.05, 4.69) is 20.1 Å². The van der Waals surface area contributed by atoms with Gasteiger partial charge in [0, 0.05) is 23.5 Å². The summed E-state index contributed by atoms with van der Waals surface area (Å²) in [6, 6.07) is 7.89. The van der Waals surface area contributed by atoms with Gasteiger partial charge < -0.3 is 10.1 Å². The van der Waals surface area contributed by atoms with E-state index in [0.29, 0.717) is 6.54 Å². The highest BCUT2D eigenvalue weighted by Crippen LogP contribution is 2.22. The molecule has 0 saturated carbocycles. The molecular formula is C13H13N5O. The summed E-state index contributed by atoms with van der Waals surface area (Å²) in [5.74, 6) is 1.55. The molecule has 1 aromatic carbocycles. The van der Waals surface area contributed by atoms with E-state index in [1.807, 2.05) is 24.3 Å². The van der Waals surface area contributed by atoms with Crippen LogP contribution in [-0.2, 0) is 6.54 Å². The zero-order valence-electron chi connectivity index (χ0n) is 10.2. The summed E-state index contributed by atoms with van der Waals surface area (Å²) in [6.45, 7) is 0.467. The first-order valence-electron chi connectivity index (χ1n) is 5.97. The molecule has 0 atom stereocenters. The smallest absolute Gasteiger partial charge is 0.158 e. The fourth-order valence-corrected chi connectivity index (χ4v) is 1.97. The van der Waals surface area contributed by atoms with Gasteiger partial charge in [-0.25, -0.2) is 14.6 Å². The predicted molar refractivity (Wildman–Crippen MR) is 70.1 cm³/mol. The van der Waals surface area contributed by atoms with Crippen molar-refractivity contribution in [2.24, 2.45) is 0 Å². The van der Waals surface area contributed by atoms with Crippen LogP contribution in [0.15, 0.2) is 43.0 Å². The Morgan fingerprint density at radius 3 is 2.89 bits per heavy atom. The zero-order valence-corrected chi connectivity index (χ0v) is 10.2. The summed E-state index contributed by atoms with van der Waals surface area (Å²) in [5.41, 5.74) is 1.93. The van der Waals surface area contributed by atoms with Crippen molar-refractivity contribution in [2.45, 2.75) is 6.54 Å². The minimum absolute atomic E-state index is 0.0359. The SMILES string of the molecule is OCCn1ncnc1-c1cccc(-c2ncc[nH]2)c1. The Morgan fingerprint density at radius 1 is 1.21 bits per heavy atom. The van der Waals surface area contributed by atoms with Crippen molar-refractivity contribution < 1.29 is 5.11 Å². The molecule has 19 heavy (non-hydrogen) atoms. The molecule has 0 bridgehead atoms. The van der Waals surface area contributed by atoms with Crippen LogP contribution in [0.25, 0.3) is 22.8 Å². The minimum atomic E-state index is 0.0359. The minimum Gasteiger partial charge on any atom is -0.394 e. The average molecular weight is 255 g/mol. The van der Waals surface area contributed by atoms with Crippen molar-refractivity contribution in [3.05, 3.63) is 43.0 Å². The number of H-pyrrole nitrogens is 1. The number of nitrogens with zero attached hydrogens (tertiary/aromatic N) is 4. The first-order valence-corrected chi connectivity index (χ1v) is 5.97. The lowest BCUT2D eigenvalue weighted by atomic mass is 10.1. The standard InChI is InChI=1S/C13H13N5O/c19-7-6-18-13(16-9-17-18)11-3-1-2-10(8-11)12-14-4-5-15-12/h1-5,8-9,19H,6-7H2,(H,14,15). The molecule has 0 aliphatic rings. The monoisotopic (exact) mass is 255 g/mol. The topological polar surface area (TPSA) is 79.6 Å². The Bertz CT molecular complexity index is 659. The fraction of sp³-hybridized carbons (Fsp3) is 0.154. The molecule has 2 N–H and O–H groups in total. The highest BCUT2D eigenvalue weighted by Gasteiger charge is 2.08. The van der Waals surface area contributed by atoms with Crippen LogP contribution in [0, 0.1) is 0 Å². The molecular weight excluding hydrogens is 242 g/mol. The average Bonchev–Trinajstić information content (AvgIpc) is 3.10. The molecule has 0 radical (unpaired) electrons. The molecule has 2 heterocycles. The predicted octanol–water partition coefficient (Wildman–Crippen LogP) is 1.33. The number of hydrogen-bond acceptors (Lipinski definition) is 4. The lowest BCUT2D eigenvalue weighted by Gasteiger charge is -2.05. The third-order valence-corrected chi connectivity index (χ3v) is 2.82. The van der Waals surface area contributed by atoms with Gasteiger partial charge in [-0.3, -0.25) is 0 Å². The molecule has 3 rings (SSSR count). The van der Waals surface area contributed by atoms with Crippen LogP contribution in [0.3, 0.4) is 0 Å². The Balaban J connectivity index is 2.01. The highest BCUT2D eigenvalue weighted by molar-refractivity contribution is 5.65. The quantitative estimate of drug-likeness (QED) is 0.737. The summed E-state index contributed by atoms with van der Waals surface area (Å²) in [4.78, 5) is 11.5. The van der Waals surface area contributed by atoms with E-state index in [-0.39, 0.29) is 6.61 Å². The van der Waals surface area contributed by atoms with E-state index in [1.165, 1.54) is 6.33 Å². The van der Waals surface area contributed by atoms with E-state index in [1.54, 1.807) is 17.1 Å². The molecule has 96 valence electrons. The Hall–Kier alpha value is -2.47. The number of benzene rings is 1. The van der Waals surface area contributed by atoms with Gasteiger partial charge in [-0.15, -0.1) is 0 Å². The van der Waals surface area contributed by atoms with E-state index in [9.17, 15) is 0 Å². The van der Waals surface area contributed by atoms with Gasteiger partial charge >= 0.3 is 0 Å². The molecule has 6 nitrogen and oxygen atoms in total. The fourth-order valence-electron chi connectivity index (χ4n) is 1.97. The highest BCUT2D eigenvalue weighted by atomic mass is 16.3. The third-order valence-electron chi connectivity index (χ3n) is 2.82.